The maximum Gasteiger partial charge on any atom is 0.328 e. The number of carbonyl (C=O) groups is 1. The number of phenols is 1. The molecule has 16 heavy (non-hydrogen) atoms. The molecule has 0 fully saturated rings. The molecule has 0 amide bonds. The van der Waals surface area contributed by atoms with E-state index in [0.29, 0.717) is 10.3 Å². The lowest BCUT2D eigenvalue weighted by atomic mass is 10.2. The summed E-state index contributed by atoms with van der Waals surface area (Å²) in [4.78, 5) is 12.0. The summed E-state index contributed by atoms with van der Waals surface area (Å²) in [6.07, 6.45) is 0. The van der Waals surface area contributed by atoms with Gasteiger partial charge in [-0.1, -0.05) is 6.07 Å². The Hall–Kier alpha value is -1.59. The van der Waals surface area contributed by atoms with Crippen LogP contribution in [0, 0.1) is 0 Å². The Morgan fingerprint density at radius 1 is 1.56 bits per heavy atom. The molecule has 3 N–H and O–H groups in total. The van der Waals surface area contributed by atoms with Crippen LogP contribution in [-0.4, -0.2) is 18.2 Å². The number of rotatable bonds is 2. The molecule has 0 spiro atoms. The first-order chi connectivity index (χ1) is 7.63. The Bertz CT molecular complexity index is 535. The Labute approximate surface area is 96.3 Å². The Morgan fingerprint density at radius 3 is 2.94 bits per heavy atom. The smallest absolute Gasteiger partial charge is 0.328 e. The lowest BCUT2D eigenvalue weighted by Crippen LogP contribution is -2.21. The molecule has 84 valence electrons. The van der Waals surface area contributed by atoms with Gasteiger partial charge in [-0.2, -0.15) is 0 Å². The van der Waals surface area contributed by atoms with Crippen molar-refractivity contribution in [3.8, 4) is 5.75 Å². The SMILES string of the molecule is COC(=O)C(N)c1cc2c(O)cccc2s1. The molecular weight excluding hydrogens is 226 g/mol. The van der Waals surface area contributed by atoms with Crippen LogP contribution in [0.15, 0.2) is 24.3 Å². The number of thiophene rings is 1. The van der Waals surface area contributed by atoms with E-state index in [0.717, 1.165) is 4.70 Å². The molecule has 1 heterocycles. The van der Waals surface area contributed by atoms with Gasteiger partial charge in [-0.15, -0.1) is 11.3 Å². The zero-order chi connectivity index (χ0) is 11.7. The quantitative estimate of drug-likeness (QED) is 0.781. The maximum absolute atomic E-state index is 11.3. The number of fused-ring (bicyclic) bond motifs is 1. The number of carbonyl (C=O) groups excluding carboxylic acids is 1. The van der Waals surface area contributed by atoms with Gasteiger partial charge in [-0.05, 0) is 18.2 Å². The van der Waals surface area contributed by atoms with Crippen molar-refractivity contribution in [2.24, 2.45) is 5.73 Å². The zero-order valence-electron chi connectivity index (χ0n) is 8.64. The molecular formula is C11H11NO3S. The van der Waals surface area contributed by atoms with Crippen molar-refractivity contribution in [1.82, 2.24) is 0 Å². The Morgan fingerprint density at radius 2 is 2.31 bits per heavy atom. The minimum absolute atomic E-state index is 0.192. The van der Waals surface area contributed by atoms with Crippen LogP contribution >= 0.6 is 11.3 Å². The third-order valence-electron chi connectivity index (χ3n) is 2.32. The van der Waals surface area contributed by atoms with E-state index in [1.165, 1.54) is 18.4 Å². The number of nitrogens with two attached hydrogens (primary N) is 1. The number of ether oxygens (including phenoxy) is 1. The number of phenolic OH excluding ortho intramolecular Hbond substituents is 1. The molecule has 5 heteroatoms. The summed E-state index contributed by atoms with van der Waals surface area (Å²) in [7, 11) is 1.30. The molecule has 0 aliphatic carbocycles. The highest BCUT2D eigenvalue weighted by molar-refractivity contribution is 7.19. The van der Waals surface area contributed by atoms with E-state index in [4.69, 9.17) is 5.73 Å². The van der Waals surface area contributed by atoms with Crippen LogP contribution in [-0.2, 0) is 9.53 Å². The van der Waals surface area contributed by atoms with E-state index < -0.39 is 12.0 Å². The minimum atomic E-state index is -0.790. The van der Waals surface area contributed by atoms with E-state index in [1.807, 2.05) is 6.07 Å². The highest BCUT2D eigenvalue weighted by Gasteiger charge is 2.19. The summed E-state index contributed by atoms with van der Waals surface area (Å²) in [5.74, 6) is -0.289. The van der Waals surface area contributed by atoms with E-state index >= 15 is 0 Å². The van der Waals surface area contributed by atoms with Crippen molar-refractivity contribution >= 4 is 27.4 Å². The lowest BCUT2D eigenvalue weighted by molar-refractivity contribution is -0.142. The minimum Gasteiger partial charge on any atom is -0.507 e. The topological polar surface area (TPSA) is 72.5 Å². The number of aromatic hydroxyl groups is 1. The monoisotopic (exact) mass is 237 g/mol. The molecule has 4 nitrogen and oxygen atoms in total. The molecule has 0 radical (unpaired) electrons. The predicted octanol–water partition coefficient (Wildman–Crippen LogP) is 1.78. The summed E-state index contributed by atoms with van der Waals surface area (Å²) in [5, 5.41) is 10.3. The van der Waals surface area contributed by atoms with Gasteiger partial charge in [-0.3, -0.25) is 0 Å². The fourth-order valence-electron chi connectivity index (χ4n) is 1.46. The Kier molecular flexibility index (Phi) is 2.80. The number of benzene rings is 1. The highest BCUT2D eigenvalue weighted by atomic mass is 32.1. The summed E-state index contributed by atoms with van der Waals surface area (Å²) in [5.41, 5.74) is 5.72. The van der Waals surface area contributed by atoms with Gasteiger partial charge in [0.15, 0.2) is 0 Å². The van der Waals surface area contributed by atoms with Gasteiger partial charge in [0.1, 0.15) is 11.8 Å². The first-order valence-electron chi connectivity index (χ1n) is 4.68. The third kappa shape index (κ3) is 1.75. The second kappa shape index (κ2) is 4.11. The molecule has 1 atom stereocenters. The predicted molar refractivity (Wildman–Crippen MR) is 62.4 cm³/mol. The summed E-state index contributed by atoms with van der Waals surface area (Å²) < 4.78 is 5.47. The fourth-order valence-corrected chi connectivity index (χ4v) is 2.54. The number of esters is 1. The van der Waals surface area contributed by atoms with Gasteiger partial charge in [-0.25, -0.2) is 4.79 Å². The molecule has 0 aliphatic heterocycles. The van der Waals surface area contributed by atoms with Crippen LogP contribution < -0.4 is 5.73 Å². The van der Waals surface area contributed by atoms with Crippen molar-refractivity contribution < 1.29 is 14.6 Å². The van der Waals surface area contributed by atoms with Crippen LogP contribution in [0.3, 0.4) is 0 Å². The largest absolute Gasteiger partial charge is 0.507 e. The van der Waals surface area contributed by atoms with Gasteiger partial charge in [0.25, 0.3) is 0 Å². The number of methoxy groups -OCH3 is 1. The Balaban J connectivity index is 2.47. The van der Waals surface area contributed by atoms with Gasteiger partial charge < -0.3 is 15.6 Å². The summed E-state index contributed by atoms with van der Waals surface area (Å²) in [6, 6.07) is 6.15. The lowest BCUT2D eigenvalue weighted by Gasteiger charge is -2.05. The number of hydrogen-bond donors (Lipinski definition) is 2. The van der Waals surface area contributed by atoms with Crippen molar-refractivity contribution in [2.45, 2.75) is 6.04 Å². The van der Waals surface area contributed by atoms with E-state index in [1.54, 1.807) is 18.2 Å². The van der Waals surface area contributed by atoms with Crippen molar-refractivity contribution in [3.63, 3.8) is 0 Å². The average molecular weight is 237 g/mol. The van der Waals surface area contributed by atoms with Gasteiger partial charge in [0.05, 0.1) is 7.11 Å². The van der Waals surface area contributed by atoms with E-state index in [2.05, 4.69) is 4.74 Å². The van der Waals surface area contributed by atoms with Crippen LogP contribution in [0.5, 0.6) is 5.75 Å². The average Bonchev–Trinajstić information content (AvgIpc) is 2.72. The van der Waals surface area contributed by atoms with Crippen LogP contribution in [0.2, 0.25) is 0 Å². The molecule has 0 bridgehead atoms. The standard InChI is InChI=1S/C11H11NO3S/c1-15-11(14)10(12)9-5-6-7(13)3-2-4-8(6)16-9/h2-5,10,13H,12H2,1H3. The van der Waals surface area contributed by atoms with Crippen LogP contribution in [0.1, 0.15) is 10.9 Å². The van der Waals surface area contributed by atoms with Crippen LogP contribution in [0.25, 0.3) is 10.1 Å². The highest BCUT2D eigenvalue weighted by Crippen LogP contribution is 2.34. The molecule has 2 rings (SSSR count). The second-order valence-electron chi connectivity index (χ2n) is 3.34. The summed E-state index contributed by atoms with van der Waals surface area (Å²) in [6.45, 7) is 0. The van der Waals surface area contributed by atoms with Crippen LogP contribution in [0.4, 0.5) is 0 Å². The van der Waals surface area contributed by atoms with Gasteiger partial charge in [0.2, 0.25) is 0 Å². The normalized spacial score (nSPS) is 12.6. The zero-order valence-corrected chi connectivity index (χ0v) is 9.45. The first-order valence-corrected chi connectivity index (χ1v) is 5.50. The number of hydrogen-bond acceptors (Lipinski definition) is 5. The second-order valence-corrected chi connectivity index (χ2v) is 4.45. The first kappa shape index (κ1) is 10.9. The van der Waals surface area contributed by atoms with E-state index in [9.17, 15) is 9.90 Å². The van der Waals surface area contributed by atoms with E-state index in [-0.39, 0.29) is 5.75 Å². The van der Waals surface area contributed by atoms with Crippen molar-refractivity contribution in [3.05, 3.63) is 29.1 Å². The summed E-state index contributed by atoms with van der Waals surface area (Å²) >= 11 is 1.38. The maximum atomic E-state index is 11.3. The molecule has 0 saturated heterocycles. The fraction of sp³-hybridized carbons (Fsp3) is 0.182. The van der Waals surface area contributed by atoms with Crippen molar-refractivity contribution in [2.75, 3.05) is 7.11 Å². The van der Waals surface area contributed by atoms with Gasteiger partial charge in [0, 0.05) is 15.0 Å². The molecule has 1 aromatic heterocycles. The molecule has 2 aromatic rings. The third-order valence-corrected chi connectivity index (χ3v) is 3.50. The molecule has 0 saturated carbocycles. The van der Waals surface area contributed by atoms with Gasteiger partial charge >= 0.3 is 5.97 Å². The molecule has 0 aliphatic rings. The van der Waals surface area contributed by atoms with Crippen molar-refractivity contribution in [1.29, 1.82) is 0 Å². The molecule has 1 aromatic carbocycles. The molecule has 1 unspecified atom stereocenters.